The van der Waals surface area contributed by atoms with Gasteiger partial charge >= 0.3 is 6.03 Å². The second-order valence-electron chi connectivity index (χ2n) is 14.2. The first-order valence-electron chi connectivity index (χ1n) is 18.4. The van der Waals surface area contributed by atoms with Crippen LogP contribution in [0.2, 0.25) is 0 Å². The summed E-state index contributed by atoms with van der Waals surface area (Å²) in [6.07, 6.45) is 6.61. The first-order chi connectivity index (χ1) is 25.9. The fraction of sp³-hybridized carbons (Fsp3) is 0.333. The topological polar surface area (TPSA) is 144 Å². The number of fused-ring (bicyclic) bond motifs is 2. The summed E-state index contributed by atoms with van der Waals surface area (Å²) in [4.78, 5) is 56.3. The number of carbonyl (C=O) groups excluding carboxylic acids is 3. The monoisotopic (exact) mass is 711 g/mol. The predicted octanol–water partition coefficient (Wildman–Crippen LogP) is 5.56. The first-order valence-corrected chi connectivity index (χ1v) is 18.4. The average molecular weight is 712 g/mol. The number of hydrogen-bond donors (Lipinski definition) is 3. The van der Waals surface area contributed by atoms with Crippen LogP contribution in [-0.2, 0) is 17.9 Å². The molecule has 0 atom stereocenters. The number of nitrogens with zero attached hydrogens (tertiary/aromatic N) is 8. The van der Waals surface area contributed by atoms with Crippen LogP contribution in [0.25, 0.3) is 11.2 Å². The van der Waals surface area contributed by atoms with E-state index in [9.17, 15) is 14.4 Å². The van der Waals surface area contributed by atoms with Crippen molar-refractivity contribution in [2.24, 2.45) is 0 Å². The third kappa shape index (κ3) is 6.61. The standard InChI is InChI=1S/C39H41N11O3/c51-34-16-17-48(39(53)44-34)49-25-27-22-26(10-15-32(27)36(49)52)24-46-18-20-47(21-19-46)30-13-11-29(12-14-30)41-37-40-23-33-35(45-37)50(31-8-4-5-9-31)38(43-33)42-28-6-2-1-3-7-28/h1-3,6-7,10-15,22-23,31H,4-5,8-9,16-21,24-25H2,(H,42,43)(H,40,41,45)(H,44,51,53). The maximum absolute atomic E-state index is 13.1. The maximum Gasteiger partial charge on any atom is 0.342 e. The molecule has 0 bridgehead atoms. The van der Waals surface area contributed by atoms with Crippen LogP contribution in [0.5, 0.6) is 0 Å². The van der Waals surface area contributed by atoms with Gasteiger partial charge in [0, 0.05) is 67.8 Å². The van der Waals surface area contributed by atoms with Gasteiger partial charge in [0.25, 0.3) is 5.91 Å². The van der Waals surface area contributed by atoms with Crippen LogP contribution in [-0.4, -0.2) is 85.0 Å². The number of rotatable bonds is 9. The summed E-state index contributed by atoms with van der Waals surface area (Å²) in [5, 5.41) is 12.0. The van der Waals surface area contributed by atoms with Crippen LogP contribution in [0.3, 0.4) is 0 Å². The van der Waals surface area contributed by atoms with Crippen molar-refractivity contribution >= 4 is 58.0 Å². The molecule has 9 rings (SSSR count). The molecule has 0 unspecified atom stereocenters. The molecule has 2 saturated heterocycles. The van der Waals surface area contributed by atoms with E-state index in [0.717, 1.165) is 85.2 Å². The Hall–Kier alpha value is -6.02. The Balaban J connectivity index is 0.818. The van der Waals surface area contributed by atoms with E-state index in [1.165, 1.54) is 28.5 Å². The van der Waals surface area contributed by atoms with Gasteiger partial charge in [0.05, 0.1) is 19.3 Å². The second kappa shape index (κ2) is 13.8. The van der Waals surface area contributed by atoms with E-state index in [-0.39, 0.29) is 24.8 Å². The Bertz CT molecular complexity index is 2170. The van der Waals surface area contributed by atoms with Gasteiger partial charge in [0.1, 0.15) is 5.52 Å². The molecular weight excluding hydrogens is 671 g/mol. The van der Waals surface area contributed by atoms with E-state index < -0.39 is 6.03 Å². The van der Waals surface area contributed by atoms with Gasteiger partial charge in [-0.25, -0.2) is 24.8 Å². The van der Waals surface area contributed by atoms with Gasteiger partial charge in [-0.05, 0) is 66.4 Å². The summed E-state index contributed by atoms with van der Waals surface area (Å²) < 4.78 is 2.26. The second-order valence-corrected chi connectivity index (χ2v) is 14.2. The summed E-state index contributed by atoms with van der Waals surface area (Å²) in [5.74, 6) is 0.814. The van der Waals surface area contributed by atoms with E-state index in [1.54, 1.807) is 6.20 Å². The number of aromatic nitrogens is 4. The maximum atomic E-state index is 13.1. The summed E-state index contributed by atoms with van der Waals surface area (Å²) >= 11 is 0. The minimum absolute atomic E-state index is 0.179. The number of carbonyl (C=O) groups is 3. The van der Waals surface area contributed by atoms with Gasteiger partial charge in [-0.15, -0.1) is 0 Å². The van der Waals surface area contributed by atoms with Crippen LogP contribution in [0, 0.1) is 0 Å². The number of imide groups is 1. The van der Waals surface area contributed by atoms with Gasteiger partial charge in [-0.2, -0.15) is 4.98 Å². The van der Waals surface area contributed by atoms with Crippen molar-refractivity contribution < 1.29 is 14.4 Å². The minimum Gasteiger partial charge on any atom is -0.369 e. The van der Waals surface area contributed by atoms with Crippen molar-refractivity contribution in [2.75, 3.05) is 48.3 Å². The van der Waals surface area contributed by atoms with E-state index in [4.69, 9.17) is 9.97 Å². The lowest BCUT2D eigenvalue weighted by atomic mass is 10.1. The molecule has 4 aliphatic rings. The van der Waals surface area contributed by atoms with Crippen molar-refractivity contribution in [3.05, 3.63) is 95.7 Å². The molecule has 0 spiro atoms. The molecule has 0 radical (unpaired) electrons. The average Bonchev–Trinajstić information content (AvgIpc) is 3.90. The van der Waals surface area contributed by atoms with E-state index in [2.05, 4.69) is 65.6 Å². The molecule has 14 nitrogen and oxygen atoms in total. The molecule has 5 aromatic rings. The summed E-state index contributed by atoms with van der Waals surface area (Å²) in [5.41, 5.74) is 7.34. The number of nitrogens with one attached hydrogen (secondary N) is 3. The van der Waals surface area contributed by atoms with Gasteiger partial charge < -0.3 is 15.5 Å². The van der Waals surface area contributed by atoms with Crippen molar-refractivity contribution in [3.63, 3.8) is 0 Å². The third-order valence-corrected chi connectivity index (χ3v) is 10.7. The van der Waals surface area contributed by atoms with E-state index in [0.29, 0.717) is 24.1 Å². The highest BCUT2D eigenvalue weighted by Gasteiger charge is 2.37. The number of benzene rings is 3. The van der Waals surface area contributed by atoms with Crippen LogP contribution in [0.15, 0.2) is 79.0 Å². The zero-order chi connectivity index (χ0) is 35.9. The molecule has 1 saturated carbocycles. The Morgan fingerprint density at radius 1 is 0.792 bits per heavy atom. The van der Waals surface area contributed by atoms with E-state index >= 15 is 0 Å². The number of para-hydroxylation sites is 1. The van der Waals surface area contributed by atoms with Gasteiger partial charge in [0.15, 0.2) is 5.65 Å². The molecule has 3 fully saturated rings. The number of hydrogen-bond acceptors (Lipinski definition) is 10. The summed E-state index contributed by atoms with van der Waals surface area (Å²) in [6, 6.07) is 24.3. The molecule has 270 valence electrons. The van der Waals surface area contributed by atoms with Crippen molar-refractivity contribution in [2.45, 2.75) is 51.2 Å². The minimum atomic E-state index is -0.549. The number of imidazole rings is 1. The molecule has 53 heavy (non-hydrogen) atoms. The molecular formula is C39H41N11O3. The Morgan fingerprint density at radius 2 is 1.57 bits per heavy atom. The molecule has 3 aliphatic heterocycles. The lowest BCUT2D eigenvalue weighted by Crippen LogP contribution is -2.56. The highest BCUT2D eigenvalue weighted by atomic mass is 16.2. The van der Waals surface area contributed by atoms with Gasteiger partial charge in [-0.1, -0.05) is 43.2 Å². The van der Waals surface area contributed by atoms with Crippen LogP contribution in [0.4, 0.5) is 33.8 Å². The number of anilines is 5. The normalized spacial score (nSPS) is 18.2. The van der Waals surface area contributed by atoms with Gasteiger partial charge in [-0.3, -0.25) is 24.4 Å². The highest BCUT2D eigenvalue weighted by molar-refractivity contribution is 6.02. The lowest BCUT2D eigenvalue weighted by Gasteiger charge is -2.36. The number of amides is 4. The molecule has 4 amide bonds. The predicted molar refractivity (Wildman–Crippen MR) is 201 cm³/mol. The Kier molecular flexibility index (Phi) is 8.58. The number of hydrazine groups is 1. The van der Waals surface area contributed by atoms with Gasteiger partial charge in [0.2, 0.25) is 17.8 Å². The Labute approximate surface area is 306 Å². The van der Waals surface area contributed by atoms with Crippen LogP contribution in [0.1, 0.15) is 59.6 Å². The number of urea groups is 1. The zero-order valence-electron chi connectivity index (χ0n) is 29.4. The lowest BCUT2D eigenvalue weighted by molar-refractivity contribution is -0.123. The smallest absolute Gasteiger partial charge is 0.342 e. The van der Waals surface area contributed by atoms with Crippen molar-refractivity contribution in [3.8, 4) is 0 Å². The zero-order valence-corrected chi connectivity index (χ0v) is 29.4. The summed E-state index contributed by atoms with van der Waals surface area (Å²) in [6.45, 7) is 4.93. The first kappa shape index (κ1) is 32.9. The molecule has 3 aromatic carbocycles. The quantitative estimate of drug-likeness (QED) is 0.178. The molecule has 14 heteroatoms. The summed E-state index contributed by atoms with van der Waals surface area (Å²) in [7, 11) is 0. The highest BCUT2D eigenvalue weighted by Crippen LogP contribution is 2.36. The van der Waals surface area contributed by atoms with Crippen molar-refractivity contribution in [1.29, 1.82) is 0 Å². The fourth-order valence-corrected chi connectivity index (χ4v) is 7.94. The SMILES string of the molecule is O=C1CCN(N2Cc3cc(CN4CCN(c5ccc(Nc6ncc7nc(Nc8ccccc8)n(C8CCCC8)c7n6)cc5)CC4)ccc3C2=O)C(=O)N1. The largest absolute Gasteiger partial charge is 0.369 e. The van der Waals surface area contributed by atoms with E-state index in [1.807, 2.05) is 42.5 Å². The third-order valence-electron chi connectivity index (χ3n) is 10.7. The molecule has 3 N–H and O–H groups in total. The van der Waals surface area contributed by atoms with Crippen LogP contribution >= 0.6 is 0 Å². The molecule has 5 heterocycles. The van der Waals surface area contributed by atoms with Crippen molar-refractivity contribution in [1.82, 2.24) is 39.8 Å². The molecule has 2 aromatic heterocycles. The number of piperazine rings is 1. The fourth-order valence-electron chi connectivity index (χ4n) is 7.94. The molecule has 1 aliphatic carbocycles. The Morgan fingerprint density at radius 3 is 2.34 bits per heavy atom. The van der Waals surface area contributed by atoms with Crippen LogP contribution < -0.4 is 20.9 Å².